The minimum absolute atomic E-state index is 0.0791. The number of aliphatic imine (C=N–C) groups is 1. The predicted octanol–water partition coefficient (Wildman–Crippen LogP) is 1.67. The second kappa shape index (κ2) is 12.3. The lowest BCUT2D eigenvalue weighted by atomic mass is 9.98. The molecule has 3 heterocycles. The molecular weight excluding hydrogens is 608 g/mol. The van der Waals surface area contributed by atoms with Gasteiger partial charge >= 0.3 is 6.09 Å². The molecular formula is C30H38N4O8S2. The Kier molecular flexibility index (Phi) is 8.40. The number of aliphatic hydroxyl groups excluding tert-OH is 1. The monoisotopic (exact) mass is 646 g/mol. The zero-order chi connectivity index (χ0) is 30.4. The molecule has 2 saturated carbocycles. The van der Waals surface area contributed by atoms with Crippen molar-refractivity contribution < 1.29 is 37.3 Å². The van der Waals surface area contributed by atoms with Crippen LogP contribution in [0, 0.1) is 17.8 Å². The summed E-state index contributed by atoms with van der Waals surface area (Å²) in [6, 6.07) is 6.78. The number of hydrogen-bond acceptors (Lipinski definition) is 11. The van der Waals surface area contributed by atoms with Gasteiger partial charge in [0.05, 0.1) is 48.7 Å². The number of fused-ring (bicyclic) bond motifs is 2. The summed E-state index contributed by atoms with van der Waals surface area (Å²) in [5, 5.41) is 18.2. The largest absolute Gasteiger partial charge is 0.497 e. The number of methoxy groups -OCH3 is 1. The quantitative estimate of drug-likeness (QED) is 0.279. The molecule has 14 heteroatoms. The Labute approximate surface area is 261 Å². The third-order valence-electron chi connectivity index (χ3n) is 9.25. The van der Waals surface area contributed by atoms with Crippen LogP contribution in [0.5, 0.6) is 5.75 Å². The van der Waals surface area contributed by atoms with Crippen LogP contribution in [0.2, 0.25) is 0 Å². The maximum atomic E-state index is 13.3. The Morgan fingerprint density at radius 1 is 1.18 bits per heavy atom. The van der Waals surface area contributed by atoms with Gasteiger partial charge < -0.3 is 34.7 Å². The average Bonchev–Trinajstić information content (AvgIpc) is 3.47. The number of allylic oxidation sites excluding steroid dienone is 1. The van der Waals surface area contributed by atoms with Crippen molar-refractivity contribution in [1.29, 1.82) is 0 Å². The van der Waals surface area contributed by atoms with Crippen molar-refractivity contribution in [2.24, 2.45) is 22.7 Å². The molecule has 0 radical (unpaired) electrons. The van der Waals surface area contributed by atoms with Crippen molar-refractivity contribution in [1.82, 2.24) is 15.4 Å². The number of nitrogens with zero attached hydrogens (tertiary/aromatic N) is 1. The van der Waals surface area contributed by atoms with Gasteiger partial charge in [0.15, 0.2) is 11.5 Å². The van der Waals surface area contributed by atoms with E-state index in [-0.39, 0.29) is 59.3 Å². The van der Waals surface area contributed by atoms with Crippen molar-refractivity contribution in [3.63, 3.8) is 0 Å². The van der Waals surface area contributed by atoms with Crippen molar-refractivity contribution in [2.75, 3.05) is 26.9 Å². The third-order valence-corrected chi connectivity index (χ3v) is 11.8. The van der Waals surface area contributed by atoms with Crippen LogP contribution in [0.25, 0.3) is 0 Å². The molecule has 1 aromatic carbocycles. The number of hydrogen-bond donors (Lipinski definition) is 4. The number of sulfonamides is 1. The van der Waals surface area contributed by atoms with E-state index >= 15 is 0 Å². The molecule has 12 nitrogen and oxygen atoms in total. The second-order valence-electron chi connectivity index (χ2n) is 12.3. The van der Waals surface area contributed by atoms with E-state index in [1.54, 1.807) is 37.5 Å². The first-order valence-electron chi connectivity index (χ1n) is 15.2. The Morgan fingerprint density at radius 2 is 1.98 bits per heavy atom. The molecule has 6 aliphatic rings. The number of amides is 1. The van der Waals surface area contributed by atoms with E-state index in [2.05, 4.69) is 20.3 Å². The summed E-state index contributed by atoms with van der Waals surface area (Å²) in [6.07, 6.45) is 5.98. The molecule has 7 rings (SSSR count). The van der Waals surface area contributed by atoms with E-state index in [9.17, 15) is 18.3 Å². The zero-order valence-corrected chi connectivity index (χ0v) is 26.0. The minimum atomic E-state index is -3.93. The topological polar surface area (TPSA) is 157 Å². The summed E-state index contributed by atoms with van der Waals surface area (Å²) >= 11 is 1.53. The molecule has 1 aromatic rings. The molecule has 238 valence electrons. The number of nitrogens with one attached hydrogen (secondary N) is 3. The Balaban J connectivity index is 0.997. The van der Waals surface area contributed by atoms with Crippen molar-refractivity contribution >= 4 is 33.0 Å². The van der Waals surface area contributed by atoms with Crippen LogP contribution in [0.15, 0.2) is 52.4 Å². The third kappa shape index (κ3) is 6.38. The van der Waals surface area contributed by atoms with Crippen LogP contribution in [0.3, 0.4) is 0 Å². The van der Waals surface area contributed by atoms with Crippen LogP contribution in [-0.2, 0) is 30.7 Å². The average molecular weight is 647 g/mol. The molecule has 2 bridgehead atoms. The van der Waals surface area contributed by atoms with E-state index in [0.717, 1.165) is 30.0 Å². The van der Waals surface area contributed by atoms with Crippen LogP contribution < -0.4 is 20.1 Å². The highest BCUT2D eigenvalue weighted by molar-refractivity contribution is 8.14. The van der Waals surface area contributed by atoms with Crippen LogP contribution in [-0.4, -0.2) is 93.5 Å². The highest BCUT2D eigenvalue weighted by Gasteiger charge is 2.56. The van der Waals surface area contributed by atoms with E-state index in [0.29, 0.717) is 25.0 Å². The molecule has 44 heavy (non-hydrogen) atoms. The smallest absolute Gasteiger partial charge is 0.407 e. The van der Waals surface area contributed by atoms with E-state index < -0.39 is 28.3 Å². The van der Waals surface area contributed by atoms with Gasteiger partial charge in [-0.1, -0.05) is 30.0 Å². The lowest BCUT2D eigenvalue weighted by Crippen LogP contribution is -2.50. The summed E-state index contributed by atoms with van der Waals surface area (Å²) in [4.78, 5) is 18.0. The van der Waals surface area contributed by atoms with Gasteiger partial charge in [-0.3, -0.25) is 4.99 Å². The number of amidine groups is 1. The minimum Gasteiger partial charge on any atom is -0.497 e. The van der Waals surface area contributed by atoms with Gasteiger partial charge in [0.25, 0.3) is 0 Å². The van der Waals surface area contributed by atoms with Crippen LogP contribution in [0.4, 0.5) is 4.79 Å². The lowest BCUT2D eigenvalue weighted by molar-refractivity contribution is -0.169. The maximum Gasteiger partial charge on any atom is 0.407 e. The van der Waals surface area contributed by atoms with Gasteiger partial charge in [-0.05, 0) is 55.5 Å². The fourth-order valence-corrected chi connectivity index (χ4v) is 9.07. The Hall–Kier alpha value is -2.62. The first-order valence-corrected chi connectivity index (χ1v) is 17.5. The van der Waals surface area contributed by atoms with Gasteiger partial charge in [0, 0.05) is 30.3 Å². The summed E-state index contributed by atoms with van der Waals surface area (Å²) in [5.74, 6) is 1.08. The number of carbonyl (C=O) groups excluding carboxylic acids is 1. The Morgan fingerprint density at radius 3 is 2.75 bits per heavy atom. The van der Waals surface area contributed by atoms with Crippen molar-refractivity contribution in [3.8, 4) is 5.75 Å². The molecule has 9 atom stereocenters. The molecule has 7 unspecified atom stereocenters. The van der Waals surface area contributed by atoms with Crippen molar-refractivity contribution in [3.05, 3.63) is 53.0 Å². The van der Waals surface area contributed by atoms with Gasteiger partial charge in [-0.25, -0.2) is 17.9 Å². The predicted molar refractivity (Wildman–Crippen MR) is 164 cm³/mol. The van der Waals surface area contributed by atoms with E-state index in [1.807, 2.05) is 12.1 Å². The van der Waals surface area contributed by atoms with Crippen LogP contribution in [0.1, 0.15) is 24.8 Å². The molecule has 1 amide bonds. The maximum absolute atomic E-state index is 13.3. The highest BCUT2D eigenvalue weighted by atomic mass is 32.2. The molecule has 0 spiro atoms. The van der Waals surface area contributed by atoms with Gasteiger partial charge in [-0.2, -0.15) is 0 Å². The van der Waals surface area contributed by atoms with Crippen LogP contribution >= 0.6 is 11.8 Å². The fourth-order valence-electron chi connectivity index (χ4n) is 6.66. The molecule has 3 aliphatic carbocycles. The van der Waals surface area contributed by atoms with Gasteiger partial charge in [-0.15, -0.1) is 0 Å². The standard InChI is InChI=1S/C30H38N4O8S2/c1-39-19-6-2-16(3-7-19)10-24(34-30(36)42-27-17-11-21-22(27)15-41-28(21)40-14-17)25(35)13-31-44(37,38)20-8-9-23-26(12-20)43-29(33-23)32-18-4-5-18/h2-3,6-9,12,17-18,21-28,31,35H,4-5,10-11,13-15H2,1H3,(H,32,33)(H,34,36)/t17?,21?,22?,23?,24-,25+,26?,27?,28?/m0/s1. The number of carbonyl (C=O) groups is 1. The Bertz CT molecular complexity index is 1450. The van der Waals surface area contributed by atoms with E-state index in [1.165, 1.54) is 11.8 Å². The molecule has 4 N–H and O–H groups in total. The molecule has 3 aliphatic heterocycles. The summed E-state index contributed by atoms with van der Waals surface area (Å²) in [6.45, 7) is 0.656. The fraction of sp³-hybridized carbons (Fsp3) is 0.600. The first kappa shape index (κ1) is 30.1. The van der Waals surface area contributed by atoms with Crippen molar-refractivity contribution in [2.45, 2.75) is 67.6 Å². The van der Waals surface area contributed by atoms with Gasteiger partial charge in [0.2, 0.25) is 10.0 Å². The number of aliphatic hydroxyl groups is 1. The summed E-state index contributed by atoms with van der Waals surface area (Å²) in [7, 11) is -2.36. The number of rotatable bonds is 11. The molecule has 2 saturated heterocycles. The lowest BCUT2D eigenvalue weighted by Gasteiger charge is -2.29. The normalized spacial score (nSPS) is 33.2. The first-order chi connectivity index (χ1) is 21.3. The van der Waals surface area contributed by atoms with Gasteiger partial charge in [0.1, 0.15) is 11.9 Å². The second-order valence-corrected chi connectivity index (χ2v) is 15.2. The number of ether oxygens (including phenoxy) is 4. The number of alkyl carbamates (subject to hydrolysis) is 1. The summed E-state index contributed by atoms with van der Waals surface area (Å²) < 4.78 is 51.8. The molecule has 4 fully saturated rings. The van der Waals surface area contributed by atoms with E-state index in [4.69, 9.17) is 18.9 Å². The molecule has 0 aromatic heterocycles. The number of thioether (sulfide) groups is 1. The highest BCUT2D eigenvalue weighted by Crippen LogP contribution is 2.49. The zero-order valence-electron chi connectivity index (χ0n) is 24.3. The summed E-state index contributed by atoms with van der Waals surface area (Å²) in [5.41, 5.74) is 0.827. The SMILES string of the molecule is COc1ccc(C[C@H](NC(=O)OC2C3COC4OCC2C4C3)[C@H](O)CNS(=O)(=O)C2=CC3SC(NC4CC4)=NC3C=C2)cc1. The number of benzene rings is 1.